The second-order valence-corrected chi connectivity index (χ2v) is 6.04. The van der Waals surface area contributed by atoms with Crippen LogP contribution in [0.1, 0.15) is 36.1 Å². The van der Waals surface area contributed by atoms with E-state index in [4.69, 9.17) is 0 Å². The highest BCUT2D eigenvalue weighted by molar-refractivity contribution is 6.04. The molecule has 7 heteroatoms. The molecule has 2 aromatic heterocycles. The number of piperidine rings is 1. The number of nitrogens with one attached hydrogen (secondary N) is 2. The van der Waals surface area contributed by atoms with Gasteiger partial charge in [-0.15, -0.1) is 0 Å². The monoisotopic (exact) mass is 329 g/mol. The van der Waals surface area contributed by atoms with E-state index in [0.717, 1.165) is 44.0 Å². The van der Waals surface area contributed by atoms with Crippen molar-refractivity contribution in [2.24, 2.45) is 5.92 Å². The van der Waals surface area contributed by atoms with E-state index in [1.54, 1.807) is 12.4 Å². The van der Waals surface area contributed by atoms with Crippen molar-refractivity contribution < 1.29 is 9.90 Å². The molecule has 0 spiro atoms. The molecule has 7 nitrogen and oxygen atoms in total. The lowest BCUT2D eigenvalue weighted by molar-refractivity contribution is 0.102. The van der Waals surface area contributed by atoms with Crippen molar-refractivity contribution >= 4 is 17.4 Å². The molecule has 0 bridgehead atoms. The minimum Gasteiger partial charge on any atom is -0.396 e. The van der Waals surface area contributed by atoms with Crippen molar-refractivity contribution in [1.29, 1.82) is 0 Å². The Labute approximate surface area is 141 Å². The van der Waals surface area contributed by atoms with Gasteiger partial charge in [0.25, 0.3) is 5.91 Å². The summed E-state index contributed by atoms with van der Waals surface area (Å²) in [5, 5.41) is 12.2. The Morgan fingerprint density at radius 3 is 2.88 bits per heavy atom. The number of H-pyrrole nitrogens is 1. The van der Waals surface area contributed by atoms with E-state index in [1.165, 1.54) is 0 Å². The normalized spacial score (nSPS) is 15.5. The van der Waals surface area contributed by atoms with Gasteiger partial charge in [0.1, 0.15) is 11.5 Å². The number of pyridine rings is 1. The minimum absolute atomic E-state index is 0.221. The van der Waals surface area contributed by atoms with Crippen LogP contribution in [0.25, 0.3) is 0 Å². The number of aliphatic hydroxyl groups is 1. The smallest absolute Gasteiger partial charge is 0.273 e. The number of aliphatic hydroxyl groups excluding tert-OH is 1. The van der Waals surface area contributed by atoms with Crippen LogP contribution in [0.4, 0.5) is 11.5 Å². The Kier molecular flexibility index (Phi) is 5.10. The van der Waals surface area contributed by atoms with Crippen molar-refractivity contribution in [3.8, 4) is 0 Å². The third-order valence-corrected chi connectivity index (χ3v) is 4.42. The summed E-state index contributed by atoms with van der Waals surface area (Å²) in [4.78, 5) is 26.2. The predicted molar refractivity (Wildman–Crippen MR) is 92.2 cm³/mol. The SMILES string of the molecule is CCc1ncc(C(=O)Nc2cccnc2N2CCC(CO)CC2)[nH]1. The highest BCUT2D eigenvalue weighted by atomic mass is 16.3. The van der Waals surface area contributed by atoms with Gasteiger partial charge in [-0.05, 0) is 30.9 Å². The molecule has 0 saturated carbocycles. The van der Waals surface area contributed by atoms with E-state index in [-0.39, 0.29) is 12.5 Å². The van der Waals surface area contributed by atoms with Gasteiger partial charge in [-0.25, -0.2) is 9.97 Å². The van der Waals surface area contributed by atoms with Gasteiger partial charge in [0.15, 0.2) is 5.82 Å². The molecule has 0 aromatic carbocycles. The Morgan fingerprint density at radius 1 is 1.42 bits per heavy atom. The Morgan fingerprint density at radius 2 is 2.21 bits per heavy atom. The molecular weight excluding hydrogens is 306 g/mol. The second-order valence-electron chi connectivity index (χ2n) is 6.04. The molecule has 2 aromatic rings. The van der Waals surface area contributed by atoms with Gasteiger partial charge in [0.05, 0.1) is 11.9 Å². The first-order valence-corrected chi connectivity index (χ1v) is 8.37. The minimum atomic E-state index is -0.221. The number of aryl methyl sites for hydroxylation is 1. The van der Waals surface area contributed by atoms with Crippen LogP contribution in [0.15, 0.2) is 24.5 Å². The summed E-state index contributed by atoms with van der Waals surface area (Å²) in [6.45, 7) is 3.87. The molecular formula is C17H23N5O2. The molecule has 0 unspecified atom stereocenters. The third kappa shape index (κ3) is 3.56. The quantitative estimate of drug-likeness (QED) is 0.778. The van der Waals surface area contributed by atoms with Crippen molar-refractivity contribution in [3.63, 3.8) is 0 Å². The van der Waals surface area contributed by atoms with Crippen molar-refractivity contribution in [2.45, 2.75) is 26.2 Å². The fourth-order valence-electron chi connectivity index (χ4n) is 2.92. The first-order chi connectivity index (χ1) is 11.7. The Bertz CT molecular complexity index is 692. The van der Waals surface area contributed by atoms with Crippen molar-refractivity contribution in [2.75, 3.05) is 29.9 Å². The lowest BCUT2D eigenvalue weighted by atomic mass is 9.98. The number of amides is 1. The highest BCUT2D eigenvalue weighted by Crippen LogP contribution is 2.27. The number of hydrogen-bond donors (Lipinski definition) is 3. The van der Waals surface area contributed by atoms with Crippen LogP contribution < -0.4 is 10.2 Å². The van der Waals surface area contributed by atoms with Crippen LogP contribution in [-0.4, -0.2) is 45.7 Å². The van der Waals surface area contributed by atoms with Gasteiger partial charge in [-0.2, -0.15) is 0 Å². The van der Waals surface area contributed by atoms with Gasteiger partial charge >= 0.3 is 0 Å². The summed E-state index contributed by atoms with van der Waals surface area (Å²) in [7, 11) is 0. The fourth-order valence-corrected chi connectivity index (χ4v) is 2.92. The maximum absolute atomic E-state index is 12.4. The number of nitrogens with zero attached hydrogens (tertiary/aromatic N) is 3. The molecule has 1 saturated heterocycles. The zero-order valence-electron chi connectivity index (χ0n) is 13.8. The van der Waals surface area contributed by atoms with Gasteiger partial charge in [0, 0.05) is 32.3 Å². The molecule has 0 aliphatic carbocycles. The Hall–Kier alpha value is -2.41. The summed E-state index contributed by atoms with van der Waals surface area (Å²) in [5.74, 6) is 1.71. The first-order valence-electron chi connectivity index (χ1n) is 8.37. The van der Waals surface area contributed by atoms with E-state index in [0.29, 0.717) is 17.3 Å². The van der Waals surface area contributed by atoms with E-state index in [1.807, 2.05) is 19.1 Å². The summed E-state index contributed by atoms with van der Waals surface area (Å²) >= 11 is 0. The number of hydrogen-bond acceptors (Lipinski definition) is 5. The summed E-state index contributed by atoms with van der Waals surface area (Å²) in [6.07, 6.45) is 5.90. The largest absolute Gasteiger partial charge is 0.396 e. The fraction of sp³-hybridized carbons (Fsp3) is 0.471. The number of aromatic nitrogens is 3. The number of carbonyl (C=O) groups is 1. The average Bonchev–Trinajstić information content (AvgIpc) is 3.12. The van der Waals surface area contributed by atoms with E-state index >= 15 is 0 Å². The highest BCUT2D eigenvalue weighted by Gasteiger charge is 2.22. The molecule has 3 rings (SSSR count). The van der Waals surface area contributed by atoms with Crippen LogP contribution in [0, 0.1) is 5.92 Å². The van der Waals surface area contributed by atoms with Crippen LogP contribution >= 0.6 is 0 Å². The summed E-state index contributed by atoms with van der Waals surface area (Å²) < 4.78 is 0. The summed E-state index contributed by atoms with van der Waals surface area (Å²) in [6, 6.07) is 3.67. The van der Waals surface area contributed by atoms with E-state index in [2.05, 4.69) is 25.2 Å². The van der Waals surface area contributed by atoms with E-state index < -0.39 is 0 Å². The number of carbonyl (C=O) groups excluding carboxylic acids is 1. The van der Waals surface area contributed by atoms with Crippen LogP contribution in [-0.2, 0) is 6.42 Å². The number of aromatic amines is 1. The van der Waals surface area contributed by atoms with Crippen LogP contribution in [0.2, 0.25) is 0 Å². The van der Waals surface area contributed by atoms with Gasteiger partial charge < -0.3 is 20.3 Å². The van der Waals surface area contributed by atoms with Gasteiger partial charge in [-0.1, -0.05) is 6.92 Å². The zero-order valence-corrected chi connectivity index (χ0v) is 13.8. The molecule has 24 heavy (non-hydrogen) atoms. The predicted octanol–water partition coefficient (Wildman–Crippen LogP) is 1.83. The first kappa shape index (κ1) is 16.4. The van der Waals surface area contributed by atoms with Crippen molar-refractivity contribution in [3.05, 3.63) is 36.0 Å². The standard InChI is InChI=1S/C17H23N5O2/c1-2-15-19-10-14(20-15)17(24)21-13-4-3-7-18-16(13)22-8-5-12(11-23)6-9-22/h3-4,7,10,12,23H,2,5-6,8-9,11H2,1H3,(H,19,20)(H,21,24). The molecule has 3 heterocycles. The summed E-state index contributed by atoms with van der Waals surface area (Å²) in [5.41, 5.74) is 1.14. The zero-order chi connectivity index (χ0) is 16.9. The second kappa shape index (κ2) is 7.44. The molecule has 128 valence electrons. The maximum atomic E-state index is 12.4. The number of anilines is 2. The number of rotatable bonds is 5. The third-order valence-electron chi connectivity index (χ3n) is 4.42. The van der Waals surface area contributed by atoms with Crippen LogP contribution in [0.5, 0.6) is 0 Å². The van der Waals surface area contributed by atoms with Gasteiger partial charge in [0.2, 0.25) is 0 Å². The van der Waals surface area contributed by atoms with Crippen LogP contribution in [0.3, 0.4) is 0 Å². The molecule has 1 amide bonds. The molecule has 3 N–H and O–H groups in total. The lowest BCUT2D eigenvalue weighted by Crippen LogP contribution is -2.35. The van der Waals surface area contributed by atoms with Crippen molar-refractivity contribution in [1.82, 2.24) is 15.0 Å². The maximum Gasteiger partial charge on any atom is 0.273 e. The number of imidazole rings is 1. The molecule has 1 fully saturated rings. The lowest BCUT2D eigenvalue weighted by Gasteiger charge is -2.33. The molecule has 1 aliphatic heterocycles. The molecule has 0 radical (unpaired) electrons. The van der Waals surface area contributed by atoms with E-state index in [9.17, 15) is 9.90 Å². The molecule has 0 atom stereocenters. The topological polar surface area (TPSA) is 94.1 Å². The average molecular weight is 329 g/mol. The molecule has 1 aliphatic rings. The van der Waals surface area contributed by atoms with Gasteiger partial charge in [-0.3, -0.25) is 4.79 Å². The Balaban J connectivity index is 1.73.